The number of carbonyl (C=O) groups is 4. The Kier molecular flexibility index (Phi) is 11.5. The topological polar surface area (TPSA) is 114 Å². The molecule has 1 saturated heterocycles. The van der Waals surface area contributed by atoms with Gasteiger partial charge in [-0.1, -0.05) is 0 Å². The van der Waals surface area contributed by atoms with Gasteiger partial charge in [0.05, 0.1) is 0 Å². The third-order valence-electron chi connectivity index (χ3n) is 7.73. The summed E-state index contributed by atoms with van der Waals surface area (Å²) in [5, 5.41) is -0.863. The van der Waals surface area contributed by atoms with E-state index in [2.05, 4.69) is 0 Å². The van der Waals surface area contributed by atoms with Gasteiger partial charge < -0.3 is 0 Å². The molecule has 1 heterocycles. The van der Waals surface area contributed by atoms with Gasteiger partial charge in [-0.25, -0.2) is 0 Å². The number of hydrogen-bond donors (Lipinski definition) is 0. The molecule has 50 heavy (non-hydrogen) atoms. The number of carbonyl (C=O) groups excluding carboxylic acids is 4. The van der Waals surface area contributed by atoms with Gasteiger partial charge in [-0.3, -0.25) is 0 Å². The average Bonchev–Trinajstić information content (AvgIpc) is 3.17. The number of rotatable bonds is 11. The Balaban J connectivity index is 1.41. The Morgan fingerprint density at radius 1 is 0.460 bits per heavy atom. The van der Waals surface area contributed by atoms with Crippen LogP contribution in [0.1, 0.15) is 41.4 Å². The molecule has 0 unspecified atom stereocenters. The van der Waals surface area contributed by atoms with Crippen molar-refractivity contribution in [1.29, 1.82) is 0 Å². The van der Waals surface area contributed by atoms with Crippen molar-refractivity contribution in [3.05, 3.63) is 174 Å². The molecule has 252 valence electrons. The van der Waals surface area contributed by atoms with E-state index in [9.17, 15) is 19.2 Å². The van der Waals surface area contributed by atoms with E-state index >= 15 is 0 Å². The SMILES string of the molecule is O=C(OC[C@H]1O[C@@H]([Se]c2ccccc2)[C@H](OC(=O)c2ccccc2)[C@@H](OC(=O)c2ccccc2)[C@H]1OC(=O)c1ccccc1)c1ccccc1. The molecular formula is C40H32O9Se. The van der Waals surface area contributed by atoms with Crippen LogP contribution in [0.4, 0.5) is 0 Å². The van der Waals surface area contributed by atoms with Crippen molar-refractivity contribution in [3.8, 4) is 0 Å². The second kappa shape index (κ2) is 16.7. The van der Waals surface area contributed by atoms with Crippen molar-refractivity contribution in [2.24, 2.45) is 0 Å². The zero-order chi connectivity index (χ0) is 34.7. The summed E-state index contributed by atoms with van der Waals surface area (Å²) in [6.07, 6.45) is -5.08. The third kappa shape index (κ3) is 8.72. The number of ether oxygens (including phenoxy) is 5. The van der Waals surface area contributed by atoms with Crippen LogP contribution in [0.25, 0.3) is 0 Å². The Morgan fingerprint density at radius 3 is 1.26 bits per heavy atom. The van der Waals surface area contributed by atoms with Gasteiger partial charge in [0.1, 0.15) is 0 Å². The number of hydrogen-bond acceptors (Lipinski definition) is 9. The molecule has 0 radical (unpaired) electrons. The first kappa shape index (κ1) is 34.3. The van der Waals surface area contributed by atoms with Crippen LogP contribution in [0.15, 0.2) is 152 Å². The van der Waals surface area contributed by atoms with Gasteiger partial charge in [-0.15, -0.1) is 0 Å². The molecule has 6 rings (SSSR count). The normalized spacial score (nSPS) is 19.8. The van der Waals surface area contributed by atoms with Crippen LogP contribution in [-0.2, 0) is 23.7 Å². The van der Waals surface area contributed by atoms with E-state index < -0.39 is 68.3 Å². The standard InChI is InChI=1S/C40H32O9Se/c41-36(27-16-6-1-7-17-27)45-26-32-33(47-37(42)28-18-8-2-9-19-28)34(48-38(43)29-20-10-3-11-21-29)35(49-39(44)30-22-12-4-13-23-30)40(46-32)50-31-24-14-5-15-25-31/h1-25,32-35,40H,26H2/t32-,33+,34+,35-,40+/m1/s1. The molecule has 0 aliphatic carbocycles. The monoisotopic (exact) mass is 736 g/mol. The zero-order valence-electron chi connectivity index (χ0n) is 26.6. The average molecular weight is 736 g/mol. The zero-order valence-corrected chi connectivity index (χ0v) is 28.3. The molecule has 1 fully saturated rings. The fraction of sp³-hybridized carbons (Fsp3) is 0.150. The second-order valence-corrected chi connectivity index (χ2v) is 13.6. The van der Waals surface area contributed by atoms with Gasteiger partial charge in [0, 0.05) is 0 Å². The fourth-order valence-electron chi connectivity index (χ4n) is 5.26. The quantitative estimate of drug-likeness (QED) is 0.102. The van der Waals surface area contributed by atoms with Crippen molar-refractivity contribution >= 4 is 43.3 Å². The van der Waals surface area contributed by atoms with E-state index in [1.807, 2.05) is 30.3 Å². The predicted octanol–water partition coefficient (Wildman–Crippen LogP) is 5.27. The summed E-state index contributed by atoms with van der Waals surface area (Å²) in [6, 6.07) is 42.9. The van der Waals surface area contributed by atoms with E-state index in [0.29, 0.717) is 5.56 Å². The molecule has 5 aromatic rings. The molecule has 0 N–H and O–H groups in total. The minimum atomic E-state index is -1.37. The molecule has 0 bridgehead atoms. The first-order chi connectivity index (χ1) is 24.5. The maximum absolute atomic E-state index is 13.7. The Labute approximate surface area is 295 Å². The molecule has 5 aromatic carbocycles. The fourth-order valence-corrected chi connectivity index (χ4v) is 7.62. The third-order valence-corrected chi connectivity index (χ3v) is 10.2. The van der Waals surface area contributed by atoms with Crippen molar-refractivity contribution in [2.75, 3.05) is 6.61 Å². The van der Waals surface area contributed by atoms with E-state index in [4.69, 9.17) is 23.7 Å². The van der Waals surface area contributed by atoms with Crippen molar-refractivity contribution < 1.29 is 42.9 Å². The van der Waals surface area contributed by atoms with Crippen LogP contribution in [0.5, 0.6) is 0 Å². The van der Waals surface area contributed by atoms with E-state index in [0.717, 1.165) is 4.46 Å². The summed E-state index contributed by atoms with van der Waals surface area (Å²) in [4.78, 5) is 54.0. The summed E-state index contributed by atoms with van der Waals surface area (Å²) in [5.74, 6) is -2.77. The summed E-state index contributed by atoms with van der Waals surface area (Å²) < 4.78 is 31.6. The van der Waals surface area contributed by atoms with Crippen LogP contribution in [0, 0.1) is 0 Å². The van der Waals surface area contributed by atoms with Crippen molar-refractivity contribution in [2.45, 2.75) is 29.4 Å². The molecule has 5 atom stereocenters. The van der Waals surface area contributed by atoms with Crippen molar-refractivity contribution in [3.63, 3.8) is 0 Å². The van der Waals surface area contributed by atoms with E-state index in [-0.39, 0.29) is 23.3 Å². The van der Waals surface area contributed by atoms with Crippen LogP contribution < -0.4 is 4.46 Å². The summed E-state index contributed by atoms with van der Waals surface area (Å²) in [5.41, 5.74) is 1.04. The first-order valence-corrected chi connectivity index (χ1v) is 17.7. The van der Waals surface area contributed by atoms with Gasteiger partial charge >= 0.3 is 296 Å². The molecule has 1 aliphatic heterocycles. The van der Waals surface area contributed by atoms with Crippen LogP contribution >= 0.6 is 0 Å². The van der Waals surface area contributed by atoms with Crippen molar-refractivity contribution in [1.82, 2.24) is 0 Å². The molecule has 9 nitrogen and oxygen atoms in total. The molecule has 0 spiro atoms. The first-order valence-electron chi connectivity index (χ1n) is 15.8. The van der Waals surface area contributed by atoms with Gasteiger partial charge in [-0.05, 0) is 0 Å². The Morgan fingerprint density at radius 2 is 0.820 bits per heavy atom. The van der Waals surface area contributed by atoms with Crippen LogP contribution in [0.3, 0.4) is 0 Å². The molecule has 1 aliphatic rings. The predicted molar refractivity (Wildman–Crippen MR) is 184 cm³/mol. The summed E-state index contributed by atoms with van der Waals surface area (Å²) >= 11 is -0.531. The molecule has 10 heteroatoms. The minimum absolute atomic E-state index is 0.231. The van der Waals surface area contributed by atoms with E-state index in [1.54, 1.807) is 121 Å². The number of benzene rings is 5. The second-order valence-electron chi connectivity index (χ2n) is 11.1. The van der Waals surface area contributed by atoms with E-state index in [1.165, 1.54) is 0 Å². The summed E-state index contributed by atoms with van der Waals surface area (Å²) in [7, 11) is 0. The van der Waals surface area contributed by atoms with Crippen LogP contribution in [-0.4, -0.2) is 74.9 Å². The van der Waals surface area contributed by atoms with Crippen LogP contribution in [0.2, 0.25) is 0 Å². The summed E-state index contributed by atoms with van der Waals surface area (Å²) in [6.45, 7) is -0.361. The van der Waals surface area contributed by atoms with Gasteiger partial charge in [0.15, 0.2) is 0 Å². The molecule has 0 amide bonds. The Bertz CT molecular complexity index is 1870. The van der Waals surface area contributed by atoms with Gasteiger partial charge in [0.25, 0.3) is 0 Å². The maximum atomic E-state index is 13.7. The molecule has 0 saturated carbocycles. The molecular weight excluding hydrogens is 703 g/mol. The van der Waals surface area contributed by atoms with Gasteiger partial charge in [0.2, 0.25) is 0 Å². The Hall–Kier alpha value is -5.54. The molecule has 0 aromatic heterocycles. The number of esters is 4. The van der Waals surface area contributed by atoms with Gasteiger partial charge in [-0.2, -0.15) is 0 Å².